The fourth-order valence-corrected chi connectivity index (χ4v) is 3.92. The Kier molecular flexibility index (Phi) is 5.11. The van der Waals surface area contributed by atoms with Crippen LogP contribution in [0.3, 0.4) is 0 Å². The Hall–Kier alpha value is -2.08. The number of rotatable bonds is 4. The van der Waals surface area contributed by atoms with E-state index in [1.807, 2.05) is 12.1 Å². The van der Waals surface area contributed by atoms with Crippen LogP contribution < -0.4 is 10.2 Å². The molecule has 4 rings (SSSR count). The van der Waals surface area contributed by atoms with E-state index in [0.717, 1.165) is 56.2 Å². The number of halogens is 1. The number of piperidine rings is 1. The summed E-state index contributed by atoms with van der Waals surface area (Å²) in [6.45, 7) is 3.25. The van der Waals surface area contributed by atoms with Gasteiger partial charge in [0.05, 0.1) is 17.3 Å². The smallest absolute Gasteiger partial charge is 0.223 e. The van der Waals surface area contributed by atoms with Crippen LogP contribution in [0.2, 0.25) is 5.02 Å². The minimum absolute atomic E-state index is 0.0655. The summed E-state index contributed by atoms with van der Waals surface area (Å²) in [5, 5.41) is 3.72. The number of hydrogen-bond acceptors (Lipinski definition) is 4. The second kappa shape index (κ2) is 7.66. The fourth-order valence-electron chi connectivity index (χ4n) is 3.80. The zero-order valence-corrected chi connectivity index (χ0v) is 15.6. The summed E-state index contributed by atoms with van der Waals surface area (Å²) in [6.07, 6.45) is 8.92. The van der Waals surface area contributed by atoms with Crippen LogP contribution in [0.15, 0.2) is 24.5 Å². The summed E-state index contributed by atoms with van der Waals surface area (Å²) in [5.74, 6) is 2.29. The largest absolute Gasteiger partial charge is 0.357 e. The molecule has 1 fully saturated rings. The molecule has 0 aromatic carbocycles. The molecular weight excluding hydrogens is 350 g/mol. The van der Waals surface area contributed by atoms with Gasteiger partial charge in [-0.15, -0.1) is 0 Å². The van der Waals surface area contributed by atoms with E-state index in [2.05, 4.69) is 30.9 Å². The van der Waals surface area contributed by atoms with E-state index < -0.39 is 0 Å². The highest BCUT2D eigenvalue weighted by atomic mass is 35.5. The Morgan fingerprint density at radius 3 is 2.81 bits per heavy atom. The Morgan fingerprint density at radius 1 is 1.23 bits per heavy atom. The zero-order valence-electron chi connectivity index (χ0n) is 14.8. The highest BCUT2D eigenvalue weighted by Gasteiger charge is 2.25. The highest BCUT2D eigenvalue weighted by molar-refractivity contribution is 6.30. The molecule has 0 aliphatic carbocycles. The lowest BCUT2D eigenvalue weighted by atomic mass is 9.96. The minimum atomic E-state index is 0.0655. The molecule has 0 radical (unpaired) electrons. The molecule has 0 unspecified atom stereocenters. The lowest BCUT2D eigenvalue weighted by Gasteiger charge is -2.32. The molecule has 0 atom stereocenters. The molecule has 2 aromatic rings. The molecule has 0 bridgehead atoms. The van der Waals surface area contributed by atoms with Crippen LogP contribution >= 0.6 is 11.6 Å². The van der Waals surface area contributed by atoms with Crippen LogP contribution in [0.25, 0.3) is 0 Å². The van der Waals surface area contributed by atoms with Crippen molar-refractivity contribution in [3.05, 3.63) is 41.1 Å². The molecule has 1 saturated heterocycles. The molecule has 0 spiro atoms. The quantitative estimate of drug-likeness (QED) is 0.895. The SMILES string of the molecule is O=C(NCc1cn2c(n1)CCCC2)C1CCN(c2ccc(Cl)cn2)CC1. The number of carbonyl (C=O) groups is 1. The fraction of sp³-hybridized carbons (Fsp3) is 0.526. The van der Waals surface area contributed by atoms with Crippen LogP contribution in [0.1, 0.15) is 37.2 Å². The summed E-state index contributed by atoms with van der Waals surface area (Å²) in [7, 11) is 0. The van der Waals surface area contributed by atoms with Crippen LogP contribution in [-0.4, -0.2) is 33.5 Å². The van der Waals surface area contributed by atoms with E-state index in [0.29, 0.717) is 11.6 Å². The number of pyridine rings is 1. The van der Waals surface area contributed by atoms with Gasteiger partial charge in [-0.1, -0.05) is 11.6 Å². The summed E-state index contributed by atoms with van der Waals surface area (Å²) < 4.78 is 2.22. The van der Waals surface area contributed by atoms with Crippen molar-refractivity contribution in [1.82, 2.24) is 19.9 Å². The molecule has 1 amide bonds. The van der Waals surface area contributed by atoms with Gasteiger partial charge in [0.2, 0.25) is 5.91 Å². The van der Waals surface area contributed by atoms with Gasteiger partial charge in [0.15, 0.2) is 0 Å². The zero-order chi connectivity index (χ0) is 17.9. The molecule has 7 heteroatoms. The van der Waals surface area contributed by atoms with E-state index >= 15 is 0 Å². The van der Waals surface area contributed by atoms with E-state index in [4.69, 9.17) is 11.6 Å². The number of nitrogens with zero attached hydrogens (tertiary/aromatic N) is 4. The van der Waals surface area contributed by atoms with Crippen LogP contribution in [0, 0.1) is 5.92 Å². The number of fused-ring (bicyclic) bond motifs is 1. The predicted octanol–water partition coefficient (Wildman–Crippen LogP) is 2.80. The van der Waals surface area contributed by atoms with Gasteiger partial charge in [0.1, 0.15) is 11.6 Å². The molecule has 2 aliphatic rings. The standard InChI is InChI=1S/C19H24ClN5O/c20-15-4-5-17(21-11-15)24-9-6-14(7-10-24)19(26)22-12-16-13-25-8-2-1-3-18(25)23-16/h4-5,11,13-14H,1-3,6-10,12H2,(H,22,26). The maximum absolute atomic E-state index is 12.5. The molecule has 2 aliphatic heterocycles. The van der Waals surface area contributed by atoms with Crippen molar-refractivity contribution in [2.24, 2.45) is 5.92 Å². The molecule has 138 valence electrons. The molecule has 4 heterocycles. The normalized spacial score (nSPS) is 17.8. The van der Waals surface area contributed by atoms with Crippen molar-refractivity contribution >= 4 is 23.3 Å². The summed E-state index contributed by atoms with van der Waals surface area (Å²) in [4.78, 5) is 23.7. The van der Waals surface area contributed by atoms with Gasteiger partial charge >= 0.3 is 0 Å². The van der Waals surface area contributed by atoms with Gasteiger partial charge in [0.25, 0.3) is 0 Å². The van der Waals surface area contributed by atoms with Crippen LogP contribution in [0.4, 0.5) is 5.82 Å². The van der Waals surface area contributed by atoms with E-state index in [1.165, 1.54) is 12.8 Å². The van der Waals surface area contributed by atoms with Gasteiger partial charge < -0.3 is 14.8 Å². The molecular formula is C19H24ClN5O. The number of anilines is 1. The summed E-state index contributed by atoms with van der Waals surface area (Å²) in [5.41, 5.74) is 0.970. The molecule has 1 N–H and O–H groups in total. The first-order valence-corrected chi connectivity index (χ1v) is 9.76. The Morgan fingerprint density at radius 2 is 2.08 bits per heavy atom. The second-order valence-electron chi connectivity index (χ2n) is 7.11. The number of hydrogen-bond donors (Lipinski definition) is 1. The first-order chi connectivity index (χ1) is 12.7. The van der Waals surface area contributed by atoms with Crippen molar-refractivity contribution in [3.8, 4) is 0 Å². The van der Waals surface area contributed by atoms with Crippen molar-refractivity contribution < 1.29 is 4.79 Å². The lowest BCUT2D eigenvalue weighted by Crippen LogP contribution is -2.40. The Balaban J connectivity index is 1.27. The highest BCUT2D eigenvalue weighted by Crippen LogP contribution is 2.23. The van der Waals surface area contributed by atoms with Gasteiger partial charge in [-0.2, -0.15) is 0 Å². The van der Waals surface area contributed by atoms with Crippen LogP contribution in [-0.2, 0) is 24.3 Å². The van der Waals surface area contributed by atoms with Crippen molar-refractivity contribution in [2.45, 2.75) is 45.2 Å². The van der Waals surface area contributed by atoms with Crippen molar-refractivity contribution in [2.75, 3.05) is 18.0 Å². The van der Waals surface area contributed by atoms with E-state index in [9.17, 15) is 4.79 Å². The lowest BCUT2D eigenvalue weighted by molar-refractivity contribution is -0.125. The maximum atomic E-state index is 12.5. The van der Waals surface area contributed by atoms with Gasteiger partial charge in [-0.3, -0.25) is 4.79 Å². The molecule has 6 nitrogen and oxygen atoms in total. The third kappa shape index (κ3) is 3.85. The maximum Gasteiger partial charge on any atom is 0.223 e. The number of carbonyl (C=O) groups excluding carboxylic acids is 1. The van der Waals surface area contributed by atoms with Gasteiger partial charge in [-0.25, -0.2) is 9.97 Å². The Bertz CT molecular complexity index is 741. The predicted molar refractivity (Wildman–Crippen MR) is 101 cm³/mol. The van der Waals surface area contributed by atoms with Crippen LogP contribution in [0.5, 0.6) is 0 Å². The minimum Gasteiger partial charge on any atom is -0.357 e. The Labute approximate surface area is 158 Å². The molecule has 2 aromatic heterocycles. The first kappa shape index (κ1) is 17.3. The second-order valence-corrected chi connectivity index (χ2v) is 7.55. The number of aromatic nitrogens is 3. The van der Waals surface area contributed by atoms with Crippen molar-refractivity contribution in [1.29, 1.82) is 0 Å². The average molecular weight is 374 g/mol. The van der Waals surface area contributed by atoms with Gasteiger partial charge in [0, 0.05) is 44.4 Å². The first-order valence-electron chi connectivity index (χ1n) is 9.38. The molecule has 0 saturated carbocycles. The van der Waals surface area contributed by atoms with E-state index in [1.54, 1.807) is 6.20 Å². The molecule has 26 heavy (non-hydrogen) atoms. The number of aryl methyl sites for hydroxylation is 2. The van der Waals surface area contributed by atoms with Gasteiger partial charge in [-0.05, 0) is 37.8 Å². The monoisotopic (exact) mass is 373 g/mol. The van der Waals surface area contributed by atoms with E-state index in [-0.39, 0.29) is 11.8 Å². The number of nitrogens with one attached hydrogen (secondary N) is 1. The average Bonchev–Trinajstić information content (AvgIpc) is 3.10. The number of imidazole rings is 1. The third-order valence-electron chi connectivity index (χ3n) is 5.30. The van der Waals surface area contributed by atoms with Crippen molar-refractivity contribution in [3.63, 3.8) is 0 Å². The summed E-state index contributed by atoms with van der Waals surface area (Å²) >= 11 is 5.89. The topological polar surface area (TPSA) is 63.1 Å². The third-order valence-corrected chi connectivity index (χ3v) is 5.53. The summed E-state index contributed by atoms with van der Waals surface area (Å²) in [6, 6.07) is 3.79. The number of amides is 1.